The molecule has 2 nitrogen and oxygen atoms in total. The monoisotopic (exact) mass is 226 g/mol. The topological polar surface area (TPSA) is 24.9 Å². The quantitative estimate of drug-likeness (QED) is 0.568. The molecule has 0 bridgehead atoms. The van der Waals surface area contributed by atoms with E-state index in [2.05, 4.69) is 23.3 Å². The first-order valence-electron chi connectivity index (χ1n) is 5.56. The van der Waals surface area contributed by atoms with Crippen molar-refractivity contribution in [3.63, 3.8) is 0 Å². The Bertz CT molecular complexity index is 276. The number of nitrogens with zero attached hydrogens (tertiary/aromatic N) is 1. The highest BCUT2D eigenvalue weighted by Gasteiger charge is 1.96. The summed E-state index contributed by atoms with van der Waals surface area (Å²) >= 11 is 5.61. The summed E-state index contributed by atoms with van der Waals surface area (Å²) in [5.74, 6) is 1.79. The zero-order chi connectivity index (χ0) is 10.9. The van der Waals surface area contributed by atoms with Crippen LogP contribution in [0.1, 0.15) is 31.2 Å². The fraction of sp³-hybridized carbons (Fsp3) is 0.583. The first-order chi connectivity index (χ1) is 7.34. The van der Waals surface area contributed by atoms with Crippen LogP contribution in [0, 0.1) is 6.92 Å². The van der Waals surface area contributed by atoms with E-state index >= 15 is 0 Å². The van der Waals surface area contributed by atoms with Crippen LogP contribution in [-0.4, -0.2) is 17.4 Å². The van der Waals surface area contributed by atoms with E-state index in [1.807, 2.05) is 12.3 Å². The van der Waals surface area contributed by atoms with Gasteiger partial charge in [-0.05, 0) is 31.4 Å². The highest BCUT2D eigenvalue weighted by Crippen LogP contribution is 2.09. The highest BCUT2D eigenvalue weighted by atomic mass is 35.5. The van der Waals surface area contributed by atoms with Crippen molar-refractivity contribution in [2.24, 2.45) is 0 Å². The predicted octanol–water partition coefficient (Wildman–Crippen LogP) is 3.60. The molecule has 84 valence electrons. The molecule has 15 heavy (non-hydrogen) atoms. The molecule has 0 aromatic carbocycles. The molecule has 0 amide bonds. The van der Waals surface area contributed by atoms with Gasteiger partial charge in [-0.15, -0.1) is 11.6 Å². The minimum Gasteiger partial charge on any atom is -0.370 e. The summed E-state index contributed by atoms with van der Waals surface area (Å²) in [6.45, 7) is 3.07. The number of rotatable bonds is 7. The molecule has 0 fully saturated rings. The second-order valence-corrected chi connectivity index (χ2v) is 4.08. The van der Waals surface area contributed by atoms with Crippen molar-refractivity contribution in [2.45, 2.75) is 32.6 Å². The third-order valence-corrected chi connectivity index (χ3v) is 2.63. The molecule has 0 saturated carbocycles. The summed E-state index contributed by atoms with van der Waals surface area (Å²) in [5.41, 5.74) is 1.21. The number of aryl methyl sites for hydroxylation is 1. The van der Waals surface area contributed by atoms with Crippen LogP contribution in [0.25, 0.3) is 0 Å². The number of aromatic nitrogens is 1. The Morgan fingerprint density at radius 3 is 2.80 bits per heavy atom. The van der Waals surface area contributed by atoms with Gasteiger partial charge in [-0.1, -0.05) is 18.9 Å². The molecule has 0 atom stereocenters. The smallest absolute Gasteiger partial charge is 0.128 e. The van der Waals surface area contributed by atoms with Gasteiger partial charge in [0.1, 0.15) is 5.82 Å². The van der Waals surface area contributed by atoms with Crippen LogP contribution in [0.2, 0.25) is 0 Å². The van der Waals surface area contributed by atoms with E-state index in [0.29, 0.717) is 0 Å². The molecule has 1 heterocycles. The van der Waals surface area contributed by atoms with E-state index in [9.17, 15) is 0 Å². The van der Waals surface area contributed by atoms with Gasteiger partial charge < -0.3 is 5.32 Å². The Morgan fingerprint density at radius 1 is 1.27 bits per heavy atom. The van der Waals surface area contributed by atoms with Crippen LogP contribution in [0.3, 0.4) is 0 Å². The molecule has 0 aliphatic rings. The molecule has 3 heteroatoms. The van der Waals surface area contributed by atoms with E-state index in [-0.39, 0.29) is 0 Å². The Hall–Kier alpha value is -0.760. The molecule has 0 saturated heterocycles. The van der Waals surface area contributed by atoms with Crippen LogP contribution >= 0.6 is 11.6 Å². The van der Waals surface area contributed by atoms with Gasteiger partial charge in [-0.2, -0.15) is 0 Å². The maximum absolute atomic E-state index is 5.61. The van der Waals surface area contributed by atoms with E-state index in [0.717, 1.165) is 24.7 Å². The lowest BCUT2D eigenvalue weighted by atomic mass is 10.2. The first-order valence-corrected chi connectivity index (χ1v) is 6.09. The molecule has 1 aromatic rings. The van der Waals surface area contributed by atoms with Crippen molar-refractivity contribution in [3.05, 3.63) is 23.9 Å². The number of anilines is 1. The highest BCUT2D eigenvalue weighted by molar-refractivity contribution is 6.17. The number of hydrogen-bond acceptors (Lipinski definition) is 2. The average molecular weight is 227 g/mol. The standard InChI is InChI=1S/C12H19ClN2/c1-11-7-6-10-15-12(11)14-9-5-3-2-4-8-13/h6-7,10H,2-5,8-9H2,1H3,(H,14,15). The van der Waals surface area contributed by atoms with Crippen LogP contribution in [-0.2, 0) is 0 Å². The second-order valence-electron chi connectivity index (χ2n) is 3.70. The summed E-state index contributed by atoms with van der Waals surface area (Å²) in [6.07, 6.45) is 6.61. The van der Waals surface area contributed by atoms with Gasteiger partial charge in [-0.3, -0.25) is 0 Å². The number of pyridine rings is 1. The normalized spacial score (nSPS) is 10.3. The van der Waals surface area contributed by atoms with Gasteiger partial charge in [0, 0.05) is 18.6 Å². The number of unbranched alkanes of at least 4 members (excludes halogenated alkanes) is 3. The Kier molecular flexibility index (Phi) is 6.17. The molecular formula is C12H19ClN2. The van der Waals surface area contributed by atoms with Crippen molar-refractivity contribution >= 4 is 17.4 Å². The van der Waals surface area contributed by atoms with E-state index in [1.165, 1.54) is 24.8 Å². The lowest BCUT2D eigenvalue weighted by Crippen LogP contribution is -2.04. The van der Waals surface area contributed by atoms with Crippen molar-refractivity contribution in [3.8, 4) is 0 Å². The molecule has 0 radical (unpaired) electrons. The average Bonchev–Trinajstić information content (AvgIpc) is 2.25. The lowest BCUT2D eigenvalue weighted by molar-refractivity contribution is 0.686. The molecule has 0 unspecified atom stereocenters. The summed E-state index contributed by atoms with van der Waals surface area (Å²) in [5, 5.41) is 3.35. The predicted molar refractivity (Wildman–Crippen MR) is 66.7 cm³/mol. The van der Waals surface area contributed by atoms with Crippen molar-refractivity contribution in [1.29, 1.82) is 0 Å². The third kappa shape index (κ3) is 5.03. The number of halogens is 1. The Morgan fingerprint density at radius 2 is 2.07 bits per heavy atom. The first kappa shape index (κ1) is 12.3. The molecule has 1 aromatic heterocycles. The van der Waals surface area contributed by atoms with Crippen LogP contribution < -0.4 is 5.32 Å². The van der Waals surface area contributed by atoms with Gasteiger partial charge in [0.2, 0.25) is 0 Å². The molecule has 0 aliphatic carbocycles. The summed E-state index contributed by atoms with van der Waals surface area (Å²) in [7, 11) is 0. The van der Waals surface area contributed by atoms with E-state index in [1.54, 1.807) is 0 Å². The summed E-state index contributed by atoms with van der Waals surface area (Å²) in [6, 6.07) is 4.03. The van der Waals surface area contributed by atoms with Gasteiger partial charge in [0.15, 0.2) is 0 Å². The van der Waals surface area contributed by atoms with Crippen molar-refractivity contribution in [1.82, 2.24) is 4.98 Å². The molecule has 1 rings (SSSR count). The number of nitrogens with one attached hydrogen (secondary N) is 1. The van der Waals surface area contributed by atoms with Crippen LogP contribution in [0.15, 0.2) is 18.3 Å². The molecule has 1 N–H and O–H groups in total. The third-order valence-electron chi connectivity index (χ3n) is 2.36. The molecular weight excluding hydrogens is 208 g/mol. The Labute approximate surface area is 97.1 Å². The van der Waals surface area contributed by atoms with Crippen LogP contribution in [0.5, 0.6) is 0 Å². The fourth-order valence-corrected chi connectivity index (χ4v) is 1.64. The fourth-order valence-electron chi connectivity index (χ4n) is 1.45. The number of hydrogen-bond donors (Lipinski definition) is 1. The van der Waals surface area contributed by atoms with Gasteiger partial charge in [0.25, 0.3) is 0 Å². The van der Waals surface area contributed by atoms with Crippen molar-refractivity contribution < 1.29 is 0 Å². The van der Waals surface area contributed by atoms with Gasteiger partial charge in [-0.25, -0.2) is 4.98 Å². The van der Waals surface area contributed by atoms with Gasteiger partial charge >= 0.3 is 0 Å². The minimum atomic E-state index is 0.785. The van der Waals surface area contributed by atoms with Crippen molar-refractivity contribution in [2.75, 3.05) is 17.7 Å². The minimum absolute atomic E-state index is 0.785. The van der Waals surface area contributed by atoms with E-state index in [4.69, 9.17) is 11.6 Å². The lowest BCUT2D eigenvalue weighted by Gasteiger charge is -2.07. The maximum Gasteiger partial charge on any atom is 0.128 e. The summed E-state index contributed by atoms with van der Waals surface area (Å²) < 4.78 is 0. The number of alkyl halides is 1. The zero-order valence-corrected chi connectivity index (χ0v) is 10.1. The zero-order valence-electron chi connectivity index (χ0n) is 9.30. The summed E-state index contributed by atoms with van der Waals surface area (Å²) in [4.78, 5) is 4.28. The van der Waals surface area contributed by atoms with Gasteiger partial charge in [0.05, 0.1) is 0 Å². The largest absolute Gasteiger partial charge is 0.370 e. The maximum atomic E-state index is 5.61. The molecule has 0 spiro atoms. The second kappa shape index (κ2) is 7.52. The van der Waals surface area contributed by atoms with E-state index < -0.39 is 0 Å². The SMILES string of the molecule is Cc1cccnc1NCCCCCCCl. The van der Waals surface area contributed by atoms with Crippen LogP contribution in [0.4, 0.5) is 5.82 Å². The Balaban J connectivity index is 2.12. The molecule has 0 aliphatic heterocycles.